The van der Waals surface area contributed by atoms with Crippen LogP contribution in [0, 0.1) is 11.3 Å². The summed E-state index contributed by atoms with van der Waals surface area (Å²) in [5.41, 5.74) is -5.23. The van der Waals surface area contributed by atoms with Crippen LogP contribution in [0.25, 0.3) is 0 Å². The summed E-state index contributed by atoms with van der Waals surface area (Å²) in [6.07, 6.45) is -4.37. The molecule has 0 aromatic heterocycles. The normalized spacial score (nSPS) is 41.7. The van der Waals surface area contributed by atoms with Crippen molar-refractivity contribution < 1.29 is 43.9 Å². The molecule has 3 N–H and O–H groups in total. The van der Waals surface area contributed by atoms with Crippen molar-refractivity contribution in [2.24, 2.45) is 11.3 Å². The Morgan fingerprint density at radius 2 is 1.74 bits per heavy atom. The zero-order chi connectivity index (χ0) is 25.8. The summed E-state index contributed by atoms with van der Waals surface area (Å²) in [6, 6.07) is 9.33. The van der Waals surface area contributed by atoms with Gasteiger partial charge in [-0.25, -0.2) is 0 Å². The van der Waals surface area contributed by atoms with Crippen LogP contribution in [0.4, 0.5) is 0 Å². The maximum Gasteiger partial charge on any atom is 0.302 e. The Morgan fingerprint density at radius 1 is 1.09 bits per heavy atom. The number of hydrogen-bond acceptors (Lipinski definition) is 9. The Morgan fingerprint density at radius 3 is 2.34 bits per heavy atom. The van der Waals surface area contributed by atoms with Crippen molar-refractivity contribution in [3.63, 3.8) is 0 Å². The van der Waals surface area contributed by atoms with E-state index >= 15 is 0 Å². The second-order valence-corrected chi connectivity index (χ2v) is 10.9. The van der Waals surface area contributed by atoms with Crippen LogP contribution in [0.2, 0.25) is 0 Å². The summed E-state index contributed by atoms with van der Waals surface area (Å²) < 4.78 is 24.2. The van der Waals surface area contributed by atoms with Gasteiger partial charge in [0.1, 0.15) is 23.7 Å². The molecule has 194 valence electrons. The number of hydrogen-bond donors (Lipinski definition) is 3. The molecule has 3 aliphatic rings. The topological polar surface area (TPSA) is 132 Å². The van der Waals surface area contributed by atoms with E-state index in [2.05, 4.69) is 0 Å². The first-order valence-electron chi connectivity index (χ1n) is 12.0. The summed E-state index contributed by atoms with van der Waals surface area (Å²) in [4.78, 5) is 24.2. The van der Waals surface area contributed by atoms with E-state index in [0.29, 0.717) is 0 Å². The van der Waals surface area contributed by atoms with Gasteiger partial charge in [-0.15, -0.1) is 0 Å². The monoisotopic (exact) mass is 492 g/mol. The van der Waals surface area contributed by atoms with Crippen molar-refractivity contribution in [1.82, 2.24) is 0 Å². The molecule has 2 saturated carbocycles. The molecule has 3 fully saturated rings. The second-order valence-electron chi connectivity index (χ2n) is 10.9. The van der Waals surface area contributed by atoms with E-state index in [1.54, 1.807) is 20.8 Å². The minimum Gasteiger partial charge on any atom is -0.465 e. The number of fused-ring (bicyclic) bond motifs is 1. The lowest BCUT2D eigenvalue weighted by molar-refractivity contribution is -0.354. The highest BCUT2D eigenvalue weighted by molar-refractivity contribution is 5.67. The number of benzene rings is 1. The molecule has 1 spiro atoms. The lowest BCUT2D eigenvalue weighted by Crippen LogP contribution is -2.82. The molecule has 1 aliphatic heterocycles. The number of aliphatic hydroxyl groups is 3. The van der Waals surface area contributed by atoms with Crippen LogP contribution in [-0.4, -0.2) is 75.1 Å². The number of rotatable bonds is 6. The first-order valence-corrected chi connectivity index (χ1v) is 12.0. The molecule has 2 bridgehead atoms. The van der Waals surface area contributed by atoms with Crippen LogP contribution in [0.1, 0.15) is 53.0 Å². The molecule has 1 saturated heterocycles. The summed E-state index contributed by atoms with van der Waals surface area (Å²) in [5.74, 6) is -2.01. The van der Waals surface area contributed by atoms with Crippen molar-refractivity contribution in [3.05, 3.63) is 35.9 Å². The van der Waals surface area contributed by atoms with Gasteiger partial charge in [0.05, 0.1) is 36.1 Å². The molecule has 4 rings (SSSR count). The maximum absolute atomic E-state index is 12.2. The molecule has 1 aromatic carbocycles. The van der Waals surface area contributed by atoms with Crippen LogP contribution in [0.5, 0.6) is 0 Å². The molecular formula is C26H36O9. The summed E-state index contributed by atoms with van der Waals surface area (Å²) in [6.45, 7) is 7.24. The van der Waals surface area contributed by atoms with Gasteiger partial charge in [-0.3, -0.25) is 9.59 Å². The van der Waals surface area contributed by atoms with E-state index in [9.17, 15) is 24.9 Å². The van der Waals surface area contributed by atoms with Crippen molar-refractivity contribution in [2.45, 2.75) is 95.3 Å². The molecule has 0 radical (unpaired) electrons. The third-order valence-electron chi connectivity index (χ3n) is 8.22. The zero-order valence-corrected chi connectivity index (χ0v) is 20.9. The summed E-state index contributed by atoms with van der Waals surface area (Å²) >= 11 is 0. The predicted molar refractivity (Wildman–Crippen MR) is 123 cm³/mol. The van der Waals surface area contributed by atoms with Gasteiger partial charge < -0.3 is 34.3 Å². The Labute approximate surface area is 205 Å². The van der Waals surface area contributed by atoms with Crippen LogP contribution in [-0.2, 0) is 35.1 Å². The minimum atomic E-state index is -1.76. The quantitative estimate of drug-likeness (QED) is 0.506. The zero-order valence-electron chi connectivity index (χ0n) is 20.9. The van der Waals surface area contributed by atoms with Gasteiger partial charge >= 0.3 is 11.9 Å². The molecule has 8 atom stereocenters. The Hall–Kier alpha value is -2.04. The van der Waals surface area contributed by atoms with Gasteiger partial charge in [-0.2, -0.15) is 0 Å². The molecule has 9 heteroatoms. The van der Waals surface area contributed by atoms with E-state index < -0.39 is 71.1 Å². The number of ether oxygens (including phenoxy) is 4. The van der Waals surface area contributed by atoms with Crippen LogP contribution >= 0.6 is 0 Å². The molecular weight excluding hydrogens is 456 g/mol. The van der Waals surface area contributed by atoms with E-state index in [-0.39, 0.29) is 19.4 Å². The number of carbonyl (C=O) groups excluding carboxylic acids is 2. The van der Waals surface area contributed by atoms with E-state index in [1.807, 2.05) is 30.3 Å². The van der Waals surface area contributed by atoms with Crippen LogP contribution in [0.15, 0.2) is 30.3 Å². The fourth-order valence-corrected chi connectivity index (χ4v) is 6.93. The molecule has 1 aromatic rings. The van der Waals surface area contributed by atoms with Crippen molar-refractivity contribution >= 4 is 11.9 Å². The van der Waals surface area contributed by atoms with Crippen molar-refractivity contribution in [2.75, 3.05) is 6.61 Å². The molecule has 2 aliphatic carbocycles. The molecule has 0 amide bonds. The largest absolute Gasteiger partial charge is 0.465 e. The Balaban J connectivity index is 1.93. The third kappa shape index (κ3) is 3.79. The molecule has 0 unspecified atom stereocenters. The first-order chi connectivity index (χ1) is 16.3. The van der Waals surface area contributed by atoms with Crippen LogP contribution in [0.3, 0.4) is 0 Å². The first kappa shape index (κ1) is 26.0. The maximum atomic E-state index is 12.2. The highest BCUT2D eigenvalue weighted by Crippen LogP contribution is 2.68. The van der Waals surface area contributed by atoms with Gasteiger partial charge in [-0.05, 0) is 39.2 Å². The number of aliphatic hydroxyl groups excluding tert-OH is 2. The van der Waals surface area contributed by atoms with Gasteiger partial charge in [0.25, 0.3) is 0 Å². The van der Waals surface area contributed by atoms with Crippen molar-refractivity contribution in [1.29, 1.82) is 0 Å². The SMILES string of the molecule is CC(=O)OC[C@@]12[C@@H](OC(C)=O)CC[C@](C)(O)[C@]13OC(C)(C)[C@H]([C@H](O)[C@H]2OCc1ccccc1)[C@H]3O. The molecule has 35 heavy (non-hydrogen) atoms. The lowest BCUT2D eigenvalue weighted by Gasteiger charge is -2.65. The van der Waals surface area contributed by atoms with Gasteiger partial charge in [-0.1, -0.05) is 30.3 Å². The predicted octanol–water partition coefficient (Wildman–Crippen LogP) is 1.50. The standard InChI is InChI=1S/C26H36O9/c1-15(27)33-14-25-18(34-16(2)28)11-12-24(5,31)26(25)21(30)19(23(3,4)35-26)20(29)22(25)32-13-17-9-7-6-8-10-17/h6-10,18-22,29-31H,11-14H2,1-5H3/t18-,19+,20-,21+,22+,24-,25-,26-/m0/s1. The van der Waals surface area contributed by atoms with E-state index in [4.69, 9.17) is 18.9 Å². The van der Waals surface area contributed by atoms with Crippen molar-refractivity contribution in [3.8, 4) is 0 Å². The smallest absolute Gasteiger partial charge is 0.302 e. The number of esters is 2. The van der Waals surface area contributed by atoms with E-state index in [1.165, 1.54) is 13.8 Å². The van der Waals surface area contributed by atoms with Gasteiger partial charge in [0, 0.05) is 19.8 Å². The highest BCUT2D eigenvalue weighted by atomic mass is 16.6. The highest BCUT2D eigenvalue weighted by Gasteiger charge is 2.84. The average molecular weight is 493 g/mol. The van der Waals surface area contributed by atoms with Gasteiger partial charge in [0.15, 0.2) is 0 Å². The second kappa shape index (κ2) is 8.81. The Bertz CT molecular complexity index is 961. The third-order valence-corrected chi connectivity index (χ3v) is 8.22. The number of carbonyl (C=O) groups is 2. The fourth-order valence-electron chi connectivity index (χ4n) is 6.93. The average Bonchev–Trinajstić information content (AvgIpc) is 2.95. The molecule has 9 nitrogen and oxygen atoms in total. The lowest BCUT2D eigenvalue weighted by atomic mass is 9.46. The van der Waals surface area contributed by atoms with E-state index in [0.717, 1.165) is 5.56 Å². The van der Waals surface area contributed by atoms with Crippen LogP contribution < -0.4 is 0 Å². The Kier molecular flexibility index (Phi) is 6.56. The minimum absolute atomic E-state index is 0.0959. The van der Waals surface area contributed by atoms with Gasteiger partial charge in [0.2, 0.25) is 0 Å². The summed E-state index contributed by atoms with van der Waals surface area (Å²) in [7, 11) is 0. The molecule has 1 heterocycles. The summed E-state index contributed by atoms with van der Waals surface area (Å²) in [5, 5.41) is 35.3. The fraction of sp³-hybridized carbons (Fsp3) is 0.692.